The molecule has 1 aliphatic heterocycles. The van der Waals surface area contributed by atoms with Crippen LogP contribution >= 0.6 is 0 Å². The summed E-state index contributed by atoms with van der Waals surface area (Å²) in [5, 5.41) is 21.4. The van der Waals surface area contributed by atoms with Crippen molar-refractivity contribution >= 4 is 22.4 Å². The molecule has 0 saturated carbocycles. The Kier molecular flexibility index (Phi) is 2.13. The number of aromatic nitrogens is 2. The van der Waals surface area contributed by atoms with Gasteiger partial charge in [-0.2, -0.15) is 5.10 Å². The second-order valence-corrected chi connectivity index (χ2v) is 5.51. The van der Waals surface area contributed by atoms with Gasteiger partial charge in [0.2, 0.25) is 0 Å². The molecule has 14 heavy (non-hydrogen) atoms. The first-order valence-electron chi connectivity index (χ1n) is 4.08. The Labute approximate surface area is 81.2 Å². The highest BCUT2D eigenvalue weighted by Gasteiger charge is 2.35. The van der Waals surface area contributed by atoms with Crippen LogP contribution in [0.2, 0.25) is 0 Å². The average Bonchev–Trinajstić information content (AvgIpc) is 2.47. The zero-order chi connectivity index (χ0) is 10.3. The highest BCUT2D eigenvalue weighted by atomic mass is 32.2. The van der Waals surface area contributed by atoms with Crippen molar-refractivity contribution in [1.29, 1.82) is 0 Å². The van der Waals surface area contributed by atoms with E-state index in [9.17, 15) is 8.42 Å². The molecular weight excluding hydrogens is 207 g/mol. The van der Waals surface area contributed by atoms with Crippen LogP contribution in [0.4, 0.5) is 0 Å². The molecule has 6 nitrogen and oxygen atoms in total. The molecule has 0 amide bonds. The molecule has 8 heteroatoms. The molecular formula is C6H9BN2O4S. The van der Waals surface area contributed by atoms with Crippen LogP contribution in [0.5, 0.6) is 0 Å². The lowest BCUT2D eigenvalue weighted by molar-refractivity contribution is 0.425. The minimum atomic E-state index is -2.88. The molecule has 2 rings (SSSR count). The van der Waals surface area contributed by atoms with Crippen molar-refractivity contribution in [2.24, 2.45) is 0 Å². The van der Waals surface area contributed by atoms with Gasteiger partial charge in [0.05, 0.1) is 17.5 Å². The summed E-state index contributed by atoms with van der Waals surface area (Å²) in [6.07, 6.45) is 2.76. The molecule has 2 N–H and O–H groups in total. The first-order chi connectivity index (χ1) is 6.48. The zero-order valence-electron chi connectivity index (χ0n) is 7.24. The highest BCUT2D eigenvalue weighted by molar-refractivity contribution is 7.92. The van der Waals surface area contributed by atoms with Gasteiger partial charge < -0.3 is 10.0 Å². The Bertz CT molecular complexity index is 428. The summed E-state index contributed by atoms with van der Waals surface area (Å²) in [6, 6.07) is -0.160. The van der Waals surface area contributed by atoms with E-state index in [1.54, 1.807) is 0 Å². The van der Waals surface area contributed by atoms with Crippen LogP contribution in [0.1, 0.15) is 6.04 Å². The lowest BCUT2D eigenvalue weighted by Gasteiger charge is -2.25. The van der Waals surface area contributed by atoms with E-state index in [0.29, 0.717) is 0 Å². The molecule has 1 aromatic rings. The largest absolute Gasteiger partial charge is 0.491 e. The van der Waals surface area contributed by atoms with Gasteiger partial charge in [0.15, 0.2) is 9.84 Å². The number of nitrogens with zero attached hydrogens (tertiary/aromatic N) is 2. The van der Waals surface area contributed by atoms with E-state index in [1.165, 1.54) is 17.1 Å². The highest BCUT2D eigenvalue weighted by Crippen LogP contribution is 2.21. The topological polar surface area (TPSA) is 92.4 Å². The fourth-order valence-corrected chi connectivity index (χ4v) is 2.76. The second-order valence-electron chi connectivity index (χ2n) is 3.36. The van der Waals surface area contributed by atoms with Gasteiger partial charge in [-0.05, 0) is 0 Å². The normalized spacial score (nSPS) is 20.4. The molecule has 0 aromatic carbocycles. The fourth-order valence-electron chi connectivity index (χ4n) is 1.38. The van der Waals surface area contributed by atoms with Crippen molar-refractivity contribution in [2.45, 2.75) is 6.04 Å². The molecule has 76 valence electrons. The van der Waals surface area contributed by atoms with Crippen molar-refractivity contribution in [3.05, 3.63) is 12.4 Å². The van der Waals surface area contributed by atoms with E-state index in [2.05, 4.69) is 5.10 Å². The Morgan fingerprint density at radius 3 is 2.57 bits per heavy atom. The van der Waals surface area contributed by atoms with E-state index < -0.39 is 17.0 Å². The average molecular weight is 216 g/mol. The Morgan fingerprint density at radius 1 is 1.50 bits per heavy atom. The van der Waals surface area contributed by atoms with Crippen LogP contribution in [0.15, 0.2) is 12.4 Å². The van der Waals surface area contributed by atoms with Crippen LogP contribution in [0, 0.1) is 0 Å². The summed E-state index contributed by atoms with van der Waals surface area (Å²) in [5.41, 5.74) is 0.272. The maximum atomic E-state index is 10.9. The Morgan fingerprint density at radius 2 is 2.14 bits per heavy atom. The van der Waals surface area contributed by atoms with E-state index in [1.807, 2.05) is 0 Å². The Balaban J connectivity index is 2.12. The maximum absolute atomic E-state index is 10.9. The van der Waals surface area contributed by atoms with Gasteiger partial charge in [0.25, 0.3) is 0 Å². The summed E-state index contributed by atoms with van der Waals surface area (Å²) in [5.74, 6) is 0.158. The summed E-state index contributed by atoms with van der Waals surface area (Å²) in [6.45, 7) is 0. The summed E-state index contributed by atoms with van der Waals surface area (Å²) >= 11 is 0. The lowest BCUT2D eigenvalue weighted by Crippen LogP contribution is -2.38. The van der Waals surface area contributed by atoms with Crippen LogP contribution in [-0.2, 0) is 9.84 Å². The van der Waals surface area contributed by atoms with Crippen LogP contribution in [0.3, 0.4) is 0 Å². The molecule has 0 aliphatic carbocycles. The third-order valence-corrected chi connectivity index (χ3v) is 3.97. The summed E-state index contributed by atoms with van der Waals surface area (Å²) in [4.78, 5) is 0. The molecule has 1 fully saturated rings. The Hall–Kier alpha value is -0.855. The van der Waals surface area contributed by atoms with Gasteiger partial charge in [-0.1, -0.05) is 0 Å². The predicted octanol–water partition coefficient (Wildman–Crippen LogP) is -2.47. The van der Waals surface area contributed by atoms with Gasteiger partial charge in [-0.3, -0.25) is 4.68 Å². The maximum Gasteiger partial charge on any atom is 0.491 e. The van der Waals surface area contributed by atoms with Gasteiger partial charge >= 0.3 is 7.12 Å². The monoisotopic (exact) mass is 216 g/mol. The van der Waals surface area contributed by atoms with Crippen molar-refractivity contribution in [2.75, 3.05) is 11.5 Å². The third-order valence-electron chi connectivity index (χ3n) is 2.19. The van der Waals surface area contributed by atoms with E-state index in [4.69, 9.17) is 10.0 Å². The molecule has 1 saturated heterocycles. The number of hydrogen-bond acceptors (Lipinski definition) is 5. The summed E-state index contributed by atoms with van der Waals surface area (Å²) in [7, 11) is -4.43. The van der Waals surface area contributed by atoms with Crippen molar-refractivity contribution in [3.8, 4) is 0 Å². The van der Waals surface area contributed by atoms with Gasteiger partial charge in [-0.25, -0.2) is 8.42 Å². The third kappa shape index (κ3) is 1.68. The minimum absolute atomic E-state index is 0.0790. The smallest absolute Gasteiger partial charge is 0.423 e. The van der Waals surface area contributed by atoms with Crippen molar-refractivity contribution in [3.63, 3.8) is 0 Å². The molecule has 0 radical (unpaired) electrons. The van der Waals surface area contributed by atoms with E-state index >= 15 is 0 Å². The molecule has 0 spiro atoms. The predicted molar refractivity (Wildman–Crippen MR) is 49.7 cm³/mol. The van der Waals surface area contributed by atoms with Gasteiger partial charge in [0, 0.05) is 17.9 Å². The zero-order valence-corrected chi connectivity index (χ0v) is 8.05. The summed E-state index contributed by atoms with van der Waals surface area (Å²) < 4.78 is 23.2. The van der Waals surface area contributed by atoms with Crippen LogP contribution in [0.25, 0.3) is 0 Å². The van der Waals surface area contributed by atoms with Gasteiger partial charge in [0.1, 0.15) is 0 Å². The number of rotatable bonds is 2. The van der Waals surface area contributed by atoms with Crippen molar-refractivity contribution < 1.29 is 18.5 Å². The van der Waals surface area contributed by atoms with E-state index in [-0.39, 0.29) is 23.0 Å². The second kappa shape index (κ2) is 3.08. The van der Waals surface area contributed by atoms with Crippen molar-refractivity contribution in [1.82, 2.24) is 9.78 Å². The molecule has 1 aliphatic rings. The molecule has 0 atom stereocenters. The van der Waals surface area contributed by atoms with E-state index in [0.717, 1.165) is 0 Å². The van der Waals surface area contributed by atoms with Crippen LogP contribution < -0.4 is 5.46 Å². The molecule has 1 aromatic heterocycles. The van der Waals surface area contributed by atoms with Crippen LogP contribution in [-0.4, -0.2) is 46.9 Å². The SMILES string of the molecule is O=S1(=O)CC(n2cc(B(O)O)cn2)C1. The van der Waals surface area contributed by atoms with Gasteiger partial charge in [-0.15, -0.1) is 0 Å². The number of sulfone groups is 1. The molecule has 0 bridgehead atoms. The number of hydrogen-bond donors (Lipinski definition) is 2. The molecule has 2 heterocycles. The first kappa shape index (κ1) is 9.69. The minimum Gasteiger partial charge on any atom is -0.423 e. The lowest BCUT2D eigenvalue weighted by atomic mass is 9.83. The molecule has 0 unspecified atom stereocenters. The fraction of sp³-hybridized carbons (Fsp3) is 0.500. The first-order valence-corrected chi connectivity index (χ1v) is 5.91. The standard InChI is InChI=1S/C6H9BN2O4S/c10-7(11)5-1-8-9(2-5)6-3-14(12,13)4-6/h1-2,6,10-11H,3-4H2. The quantitative estimate of drug-likeness (QED) is 0.534.